The second kappa shape index (κ2) is 12.9. The fraction of sp³-hybridized carbons (Fsp3) is 0.933. The largest absolute Gasteiger partial charge is 0.481 e. The smallest absolute Gasteiger partial charge is 0.305 e. The molecule has 0 aliphatic carbocycles. The standard InChI is InChI=1S/C15H30O3/c1-3-4-5-6-7-8-9-10-11-12-14(18-2)13-15(16)17/h14H,3-13H2,1-2H3,(H,16,17). The third-order valence-electron chi connectivity index (χ3n) is 3.37. The van der Waals surface area contributed by atoms with Gasteiger partial charge in [0.1, 0.15) is 0 Å². The molecule has 0 rings (SSSR count). The Morgan fingerprint density at radius 3 is 1.94 bits per heavy atom. The number of unbranched alkanes of at least 4 members (excludes halogenated alkanes) is 8. The average Bonchev–Trinajstić information content (AvgIpc) is 2.35. The van der Waals surface area contributed by atoms with Gasteiger partial charge in [0.25, 0.3) is 0 Å². The molecule has 1 N–H and O–H groups in total. The van der Waals surface area contributed by atoms with E-state index in [1.54, 1.807) is 7.11 Å². The molecular formula is C15H30O3. The maximum absolute atomic E-state index is 10.5. The van der Waals surface area contributed by atoms with E-state index < -0.39 is 5.97 Å². The maximum Gasteiger partial charge on any atom is 0.305 e. The Morgan fingerprint density at radius 1 is 1.00 bits per heavy atom. The summed E-state index contributed by atoms with van der Waals surface area (Å²) in [6.07, 6.45) is 12.5. The maximum atomic E-state index is 10.5. The summed E-state index contributed by atoms with van der Waals surface area (Å²) in [6, 6.07) is 0. The molecule has 3 heteroatoms. The Bertz CT molecular complexity index is 192. The van der Waals surface area contributed by atoms with E-state index in [4.69, 9.17) is 9.84 Å². The highest BCUT2D eigenvalue weighted by Gasteiger charge is 2.11. The number of rotatable bonds is 13. The SMILES string of the molecule is CCCCCCCCCCCC(CC(=O)O)OC. The summed E-state index contributed by atoms with van der Waals surface area (Å²) in [5, 5.41) is 8.68. The van der Waals surface area contributed by atoms with Gasteiger partial charge in [0.2, 0.25) is 0 Å². The molecule has 0 aromatic carbocycles. The summed E-state index contributed by atoms with van der Waals surface area (Å²) < 4.78 is 5.15. The minimum Gasteiger partial charge on any atom is -0.481 e. The zero-order chi connectivity index (χ0) is 13.6. The van der Waals surface area contributed by atoms with E-state index in [0.29, 0.717) is 0 Å². The Hall–Kier alpha value is -0.570. The molecule has 0 aliphatic rings. The van der Waals surface area contributed by atoms with Crippen molar-refractivity contribution in [3.63, 3.8) is 0 Å². The third-order valence-corrected chi connectivity index (χ3v) is 3.37. The monoisotopic (exact) mass is 258 g/mol. The first-order valence-electron chi connectivity index (χ1n) is 7.45. The van der Waals surface area contributed by atoms with E-state index in [-0.39, 0.29) is 12.5 Å². The fourth-order valence-corrected chi connectivity index (χ4v) is 2.18. The van der Waals surface area contributed by atoms with Crippen LogP contribution in [-0.2, 0) is 9.53 Å². The highest BCUT2D eigenvalue weighted by Crippen LogP contribution is 2.13. The summed E-state index contributed by atoms with van der Waals surface area (Å²) in [5.41, 5.74) is 0. The van der Waals surface area contributed by atoms with Crippen molar-refractivity contribution in [1.82, 2.24) is 0 Å². The summed E-state index contributed by atoms with van der Waals surface area (Å²) >= 11 is 0. The van der Waals surface area contributed by atoms with E-state index >= 15 is 0 Å². The molecule has 0 bridgehead atoms. The zero-order valence-electron chi connectivity index (χ0n) is 12.1. The molecule has 0 spiro atoms. The summed E-state index contributed by atoms with van der Waals surface area (Å²) in [5.74, 6) is -0.766. The lowest BCUT2D eigenvalue weighted by molar-refractivity contribution is -0.139. The molecule has 0 heterocycles. The van der Waals surface area contributed by atoms with Gasteiger partial charge >= 0.3 is 5.97 Å². The predicted molar refractivity (Wildman–Crippen MR) is 74.9 cm³/mol. The molecule has 0 fully saturated rings. The first kappa shape index (κ1) is 17.4. The van der Waals surface area contributed by atoms with Gasteiger partial charge in [-0.25, -0.2) is 0 Å². The van der Waals surface area contributed by atoms with Crippen LogP contribution in [-0.4, -0.2) is 24.3 Å². The van der Waals surface area contributed by atoms with Crippen LogP contribution in [0.2, 0.25) is 0 Å². The molecule has 1 atom stereocenters. The minimum atomic E-state index is -0.766. The van der Waals surface area contributed by atoms with Crippen molar-refractivity contribution in [1.29, 1.82) is 0 Å². The van der Waals surface area contributed by atoms with Gasteiger partial charge in [-0.05, 0) is 6.42 Å². The van der Waals surface area contributed by atoms with Crippen LogP contribution >= 0.6 is 0 Å². The van der Waals surface area contributed by atoms with Crippen LogP contribution in [0, 0.1) is 0 Å². The molecule has 18 heavy (non-hydrogen) atoms. The van der Waals surface area contributed by atoms with E-state index in [2.05, 4.69) is 6.92 Å². The molecule has 0 saturated heterocycles. The van der Waals surface area contributed by atoms with Crippen molar-refractivity contribution in [2.75, 3.05) is 7.11 Å². The molecule has 0 aromatic heterocycles. The van der Waals surface area contributed by atoms with Gasteiger partial charge in [-0.2, -0.15) is 0 Å². The minimum absolute atomic E-state index is 0.105. The number of carboxylic acid groups (broad SMARTS) is 1. The third kappa shape index (κ3) is 11.9. The number of hydrogen-bond donors (Lipinski definition) is 1. The van der Waals surface area contributed by atoms with Gasteiger partial charge in [-0.1, -0.05) is 64.7 Å². The number of carbonyl (C=O) groups is 1. The van der Waals surface area contributed by atoms with Gasteiger partial charge in [0, 0.05) is 7.11 Å². The lowest BCUT2D eigenvalue weighted by Crippen LogP contribution is -2.15. The average molecular weight is 258 g/mol. The number of carboxylic acids is 1. The molecule has 0 amide bonds. The van der Waals surface area contributed by atoms with Crippen LogP contribution < -0.4 is 0 Å². The van der Waals surface area contributed by atoms with Crippen LogP contribution in [0.4, 0.5) is 0 Å². The molecule has 0 saturated carbocycles. The van der Waals surface area contributed by atoms with Crippen molar-refractivity contribution in [2.45, 2.75) is 83.7 Å². The zero-order valence-corrected chi connectivity index (χ0v) is 12.1. The van der Waals surface area contributed by atoms with E-state index in [0.717, 1.165) is 12.8 Å². The second-order valence-electron chi connectivity index (χ2n) is 5.07. The highest BCUT2D eigenvalue weighted by molar-refractivity contribution is 5.67. The number of ether oxygens (including phenoxy) is 1. The molecule has 0 aliphatic heterocycles. The van der Waals surface area contributed by atoms with E-state index in [1.165, 1.54) is 51.4 Å². The van der Waals surface area contributed by atoms with Crippen molar-refractivity contribution in [3.05, 3.63) is 0 Å². The summed E-state index contributed by atoms with van der Waals surface area (Å²) in [7, 11) is 1.60. The molecule has 1 unspecified atom stereocenters. The molecule has 0 aromatic rings. The van der Waals surface area contributed by atoms with Gasteiger partial charge in [-0.3, -0.25) is 4.79 Å². The van der Waals surface area contributed by atoms with Crippen LogP contribution in [0.15, 0.2) is 0 Å². The normalized spacial score (nSPS) is 12.6. The Kier molecular flexibility index (Phi) is 12.5. The molecular weight excluding hydrogens is 228 g/mol. The lowest BCUT2D eigenvalue weighted by Gasteiger charge is -2.12. The highest BCUT2D eigenvalue weighted by atomic mass is 16.5. The molecule has 0 radical (unpaired) electrons. The van der Waals surface area contributed by atoms with Gasteiger partial charge in [0.05, 0.1) is 12.5 Å². The summed E-state index contributed by atoms with van der Waals surface area (Å²) in [6.45, 7) is 2.24. The quantitative estimate of drug-likeness (QED) is 0.498. The Labute approximate surface area is 112 Å². The first-order valence-corrected chi connectivity index (χ1v) is 7.45. The fourth-order valence-electron chi connectivity index (χ4n) is 2.18. The van der Waals surface area contributed by atoms with Crippen molar-refractivity contribution in [3.8, 4) is 0 Å². The van der Waals surface area contributed by atoms with Gasteiger partial charge in [0.15, 0.2) is 0 Å². The predicted octanol–water partition coefficient (Wildman–Crippen LogP) is 4.40. The number of methoxy groups -OCH3 is 1. The van der Waals surface area contributed by atoms with Gasteiger partial charge in [-0.15, -0.1) is 0 Å². The number of aliphatic carboxylic acids is 1. The first-order chi connectivity index (χ1) is 8.70. The van der Waals surface area contributed by atoms with Crippen molar-refractivity contribution < 1.29 is 14.6 Å². The van der Waals surface area contributed by atoms with Crippen molar-refractivity contribution in [2.24, 2.45) is 0 Å². The lowest BCUT2D eigenvalue weighted by atomic mass is 10.0. The molecule has 108 valence electrons. The van der Waals surface area contributed by atoms with Crippen molar-refractivity contribution >= 4 is 5.97 Å². The Morgan fingerprint density at radius 2 is 1.50 bits per heavy atom. The molecule has 3 nitrogen and oxygen atoms in total. The summed E-state index contributed by atoms with van der Waals surface area (Å²) in [4.78, 5) is 10.5. The van der Waals surface area contributed by atoms with Crippen LogP contribution in [0.1, 0.15) is 77.6 Å². The second-order valence-corrected chi connectivity index (χ2v) is 5.07. The van der Waals surface area contributed by atoms with Crippen LogP contribution in [0.3, 0.4) is 0 Å². The van der Waals surface area contributed by atoms with Crippen LogP contribution in [0.5, 0.6) is 0 Å². The van der Waals surface area contributed by atoms with E-state index in [1.807, 2.05) is 0 Å². The topological polar surface area (TPSA) is 46.5 Å². The van der Waals surface area contributed by atoms with Gasteiger partial charge < -0.3 is 9.84 Å². The number of hydrogen-bond acceptors (Lipinski definition) is 2. The van der Waals surface area contributed by atoms with E-state index in [9.17, 15) is 4.79 Å². The Balaban J connectivity index is 3.25. The van der Waals surface area contributed by atoms with Crippen LogP contribution in [0.25, 0.3) is 0 Å².